The highest BCUT2D eigenvalue weighted by atomic mass is 32.2. The van der Waals surface area contributed by atoms with E-state index in [2.05, 4.69) is 20.3 Å². The average Bonchev–Trinajstić information content (AvgIpc) is 3.27. The molecule has 0 spiro atoms. The maximum atomic E-state index is 15.2. The van der Waals surface area contributed by atoms with Crippen LogP contribution < -0.4 is 5.90 Å². The summed E-state index contributed by atoms with van der Waals surface area (Å²) in [5.41, 5.74) is -9.20. The molecule has 3 fully saturated rings. The van der Waals surface area contributed by atoms with Gasteiger partial charge in [-0.3, -0.25) is 14.4 Å². The molecule has 20 heteroatoms. The van der Waals surface area contributed by atoms with E-state index < -0.39 is 119 Å². The molecule has 2 aromatic rings. The highest BCUT2D eigenvalue weighted by molar-refractivity contribution is 7.94. The lowest BCUT2D eigenvalue weighted by Crippen LogP contribution is -2.82. The summed E-state index contributed by atoms with van der Waals surface area (Å²) in [4.78, 5) is 86.8. The van der Waals surface area contributed by atoms with Crippen LogP contribution in [0.1, 0.15) is 96.0 Å². The third kappa shape index (κ3) is 9.26. The van der Waals surface area contributed by atoms with Crippen LogP contribution in [0.5, 0.6) is 0 Å². The summed E-state index contributed by atoms with van der Waals surface area (Å²) in [5, 5.41) is 42.2. The van der Waals surface area contributed by atoms with Crippen molar-refractivity contribution in [1.29, 1.82) is 0 Å². The first kappa shape index (κ1) is 50.6. The second-order valence-corrected chi connectivity index (χ2v) is 18.9. The predicted octanol–water partition coefficient (Wildman–Crippen LogP) is 3.46. The zero-order chi connectivity index (χ0) is 48.4. The molecule has 0 amide bonds. The number of ether oxygens (including phenoxy) is 6. The molecule has 5 N–H and O–H groups in total. The number of aliphatic hydroxyl groups is 3. The van der Waals surface area contributed by atoms with Gasteiger partial charge in [-0.2, -0.15) is 5.90 Å². The molecule has 1 heterocycles. The maximum Gasteiger partial charge on any atom is 0.348 e. The van der Waals surface area contributed by atoms with Crippen LogP contribution in [0, 0.1) is 16.7 Å². The van der Waals surface area contributed by atoms with E-state index in [9.17, 15) is 39.3 Å². The fraction of sp³-hybridized carbons (Fsp3) is 0.565. The monoisotopic (exact) mass is 943 g/mol. The molecule has 3 aliphatic carbocycles. The number of hydrogen-bond donors (Lipinski definition) is 4. The van der Waals surface area contributed by atoms with Crippen LogP contribution in [0.15, 0.2) is 71.8 Å². The second kappa shape index (κ2) is 19.8. The molecule has 11 atom stereocenters. The molecule has 0 aromatic heterocycles. The Morgan fingerprint density at radius 2 is 1.61 bits per heavy atom. The van der Waals surface area contributed by atoms with Crippen LogP contribution in [0.3, 0.4) is 0 Å². The van der Waals surface area contributed by atoms with Crippen molar-refractivity contribution in [3.05, 3.63) is 82.9 Å². The molecule has 2 aromatic carbocycles. The summed E-state index contributed by atoms with van der Waals surface area (Å²) in [7, 11) is 0. The summed E-state index contributed by atoms with van der Waals surface area (Å²) >= 11 is 0.807. The van der Waals surface area contributed by atoms with E-state index in [1.807, 2.05) is 0 Å². The van der Waals surface area contributed by atoms with Crippen LogP contribution >= 0.6 is 12.0 Å². The Bertz CT molecular complexity index is 2190. The van der Waals surface area contributed by atoms with Crippen molar-refractivity contribution >= 4 is 47.7 Å². The fourth-order valence-electron chi connectivity index (χ4n) is 10.3. The average molecular weight is 944 g/mol. The molecule has 0 radical (unpaired) electrons. The van der Waals surface area contributed by atoms with Gasteiger partial charge in [-0.25, -0.2) is 14.4 Å². The standard InChI is InChI=1S/C46H57NO18S/c1-25(28-15-10-8-11-16-28)36(59-33(51)22-57-32(50)19-14-20-66-65-64-63-47)41(55)62-43(6)23-46(56)39(60-40(54)29-17-12-9-13-18-29)37-44(7,38(53)35(52)34(26(43)2)42(46,4)5)30(49)21-31-45(37,24-58-31)61-27(3)48/h8-13,15-18,25,30-31,35-37,39,49,52,56H,14,19-24,47H2,1-7H3/t25-,30-,31+,35+,36+,37-,39-,43-,44+,45-,46-/m0/s1. The molecule has 2 bridgehead atoms. The van der Waals surface area contributed by atoms with E-state index in [1.54, 1.807) is 69.3 Å². The van der Waals surface area contributed by atoms with Gasteiger partial charge in [0.05, 0.1) is 29.6 Å². The highest BCUT2D eigenvalue weighted by Crippen LogP contribution is 2.65. The van der Waals surface area contributed by atoms with Crippen LogP contribution in [0.25, 0.3) is 0 Å². The molecule has 360 valence electrons. The first-order valence-electron chi connectivity index (χ1n) is 21.5. The topological polar surface area (TPSA) is 272 Å². The summed E-state index contributed by atoms with van der Waals surface area (Å²) in [5.74, 6) is -3.09. The Balaban J connectivity index is 1.41. The Morgan fingerprint density at radius 1 is 0.955 bits per heavy atom. The summed E-state index contributed by atoms with van der Waals surface area (Å²) < 4.78 is 40.0. The van der Waals surface area contributed by atoms with Crippen LogP contribution in [-0.4, -0.2) is 117 Å². The number of esters is 5. The Hall–Kier alpha value is -4.77. The van der Waals surface area contributed by atoms with Crippen LogP contribution in [0.2, 0.25) is 0 Å². The molecule has 4 aliphatic rings. The van der Waals surface area contributed by atoms with E-state index in [0.29, 0.717) is 5.56 Å². The molecule has 66 heavy (non-hydrogen) atoms. The predicted molar refractivity (Wildman–Crippen MR) is 228 cm³/mol. The van der Waals surface area contributed by atoms with E-state index in [0.717, 1.165) is 19.0 Å². The summed E-state index contributed by atoms with van der Waals surface area (Å²) in [6.07, 6.45) is -8.81. The van der Waals surface area contributed by atoms with Gasteiger partial charge in [-0.05, 0) is 61.1 Å². The lowest BCUT2D eigenvalue weighted by Gasteiger charge is -2.68. The molecule has 0 unspecified atom stereocenters. The lowest BCUT2D eigenvalue weighted by molar-refractivity contribution is -0.464. The summed E-state index contributed by atoms with van der Waals surface area (Å²) in [6.45, 7) is 9.01. The van der Waals surface area contributed by atoms with Crippen molar-refractivity contribution in [3.63, 3.8) is 0 Å². The minimum absolute atomic E-state index is 0.0630. The SMILES string of the molecule is CC(=O)O[C@@]12CO[C@@H]1C[C@H](O)[C@@]1(C)C(=O)[C@H](O)C3=C(C)[C@@](C)(OC(=O)[C@H](OC(=O)COC(=O)CCCSOOON)[C@@H](C)c4ccccc4)C[C@](O)([C@@H](OC(=O)c4ccccc4)[C@H]21)C3(C)C. The third-order valence-electron chi connectivity index (χ3n) is 14.0. The first-order chi connectivity index (χ1) is 31.1. The molecular formula is C46H57NO18S. The normalized spacial score (nSPS) is 31.9. The minimum Gasteiger partial charge on any atom is -0.455 e. The number of hydrogen-bond acceptors (Lipinski definition) is 20. The van der Waals surface area contributed by atoms with Gasteiger partial charge in [0.2, 0.25) is 6.10 Å². The molecule has 1 saturated heterocycles. The Morgan fingerprint density at radius 3 is 2.21 bits per heavy atom. The van der Waals surface area contributed by atoms with Crippen molar-refractivity contribution in [3.8, 4) is 0 Å². The van der Waals surface area contributed by atoms with Crippen molar-refractivity contribution < 1.29 is 86.9 Å². The number of benzene rings is 2. The van der Waals surface area contributed by atoms with Gasteiger partial charge >= 0.3 is 29.8 Å². The van der Waals surface area contributed by atoms with Crippen molar-refractivity contribution in [1.82, 2.24) is 0 Å². The smallest absolute Gasteiger partial charge is 0.348 e. The van der Waals surface area contributed by atoms with Gasteiger partial charge in [0.25, 0.3) is 0 Å². The van der Waals surface area contributed by atoms with Crippen LogP contribution in [0.4, 0.5) is 0 Å². The number of fused-ring (bicyclic) bond motifs is 5. The summed E-state index contributed by atoms with van der Waals surface area (Å²) in [6, 6.07) is 16.4. The number of carbonyl (C=O) groups excluding carboxylic acids is 6. The van der Waals surface area contributed by atoms with Crippen LogP contribution in [-0.2, 0) is 66.8 Å². The van der Waals surface area contributed by atoms with E-state index in [-0.39, 0.29) is 48.3 Å². The Kier molecular flexibility index (Phi) is 15.2. The van der Waals surface area contributed by atoms with Crippen molar-refractivity contribution in [2.75, 3.05) is 19.0 Å². The van der Waals surface area contributed by atoms with E-state index >= 15 is 4.79 Å². The zero-order valence-electron chi connectivity index (χ0n) is 37.7. The zero-order valence-corrected chi connectivity index (χ0v) is 38.5. The van der Waals surface area contributed by atoms with E-state index in [1.165, 1.54) is 32.9 Å². The van der Waals surface area contributed by atoms with Gasteiger partial charge in [0.15, 0.2) is 18.0 Å². The molecule has 2 saturated carbocycles. The first-order valence-corrected chi connectivity index (χ1v) is 22.4. The molecule has 1 aliphatic heterocycles. The molecule has 19 nitrogen and oxygen atoms in total. The fourth-order valence-corrected chi connectivity index (χ4v) is 10.7. The lowest BCUT2D eigenvalue weighted by atomic mass is 9.44. The number of nitrogens with two attached hydrogens (primary N) is 1. The number of aliphatic hydroxyl groups excluding tert-OH is 2. The van der Waals surface area contributed by atoms with Gasteiger partial charge in [-0.15, -0.1) is 9.32 Å². The third-order valence-corrected chi connectivity index (χ3v) is 14.6. The van der Waals surface area contributed by atoms with E-state index in [4.69, 9.17) is 28.4 Å². The van der Waals surface area contributed by atoms with Gasteiger partial charge in [0, 0.05) is 55.3 Å². The quantitative estimate of drug-likeness (QED) is 0.0336. The molecular weight excluding hydrogens is 887 g/mol. The number of Topliss-reactive ketones (excluding diaryl/α,β-unsaturated/α-hetero) is 1. The highest BCUT2D eigenvalue weighted by Gasteiger charge is 2.78. The van der Waals surface area contributed by atoms with Gasteiger partial charge in [-0.1, -0.05) is 69.3 Å². The van der Waals surface area contributed by atoms with Gasteiger partial charge < -0.3 is 43.7 Å². The minimum atomic E-state index is -2.42. The second-order valence-electron chi connectivity index (χ2n) is 18.2. The number of carbonyl (C=O) groups is 6. The van der Waals surface area contributed by atoms with Crippen molar-refractivity contribution in [2.24, 2.45) is 22.6 Å². The number of rotatable bonds is 17. The molecule has 6 rings (SSSR count). The number of ketones is 1. The maximum absolute atomic E-state index is 15.2. The van der Waals surface area contributed by atoms with Gasteiger partial charge in [0.1, 0.15) is 29.5 Å². The largest absolute Gasteiger partial charge is 0.455 e. The van der Waals surface area contributed by atoms with Crippen molar-refractivity contribution in [2.45, 2.75) is 127 Å². The Labute approximate surface area is 385 Å².